The zero-order valence-corrected chi connectivity index (χ0v) is 16.0. The number of rotatable bonds is 8. The summed E-state index contributed by atoms with van der Waals surface area (Å²) < 4.78 is 51.2. The molecule has 0 heterocycles. The molecule has 156 valence electrons. The average Bonchev–Trinajstić information content (AvgIpc) is 2.66. The van der Waals surface area contributed by atoms with Crippen LogP contribution in [-0.4, -0.2) is 26.5 Å². The fourth-order valence-corrected chi connectivity index (χ4v) is 2.61. The van der Waals surface area contributed by atoms with E-state index in [1.165, 1.54) is 24.3 Å². The van der Waals surface area contributed by atoms with Gasteiger partial charge in [-0.2, -0.15) is 0 Å². The van der Waals surface area contributed by atoms with Crippen molar-refractivity contribution in [1.29, 1.82) is 0 Å². The normalized spacial score (nSPS) is 11.7. The summed E-state index contributed by atoms with van der Waals surface area (Å²) in [6.07, 6.45) is -2.39. The zero-order chi connectivity index (χ0) is 21.4. The van der Waals surface area contributed by atoms with E-state index in [1.54, 1.807) is 26.4 Å². The first-order valence-electron chi connectivity index (χ1n) is 8.53. The molecule has 0 aliphatic carbocycles. The van der Waals surface area contributed by atoms with Crippen LogP contribution in [0.5, 0.6) is 17.2 Å². The molecule has 0 aromatic heterocycles. The van der Waals surface area contributed by atoms with Gasteiger partial charge in [-0.3, -0.25) is 0 Å². The van der Waals surface area contributed by atoms with Crippen molar-refractivity contribution >= 4 is 11.6 Å². The zero-order valence-electron chi connectivity index (χ0n) is 16.0. The number of anilines is 1. The molecular formula is C20H22F3N3O3. The van der Waals surface area contributed by atoms with Crippen LogP contribution in [0.1, 0.15) is 11.1 Å². The highest BCUT2D eigenvalue weighted by atomic mass is 19.4. The molecule has 0 atom stereocenters. The van der Waals surface area contributed by atoms with Gasteiger partial charge in [-0.05, 0) is 48.4 Å². The Hall–Kier alpha value is -3.36. The summed E-state index contributed by atoms with van der Waals surface area (Å²) in [7, 11) is 3.11. The van der Waals surface area contributed by atoms with E-state index < -0.39 is 6.36 Å². The van der Waals surface area contributed by atoms with E-state index in [1.807, 2.05) is 6.07 Å². The Morgan fingerprint density at radius 3 is 2.41 bits per heavy atom. The standard InChI is InChI=1S/C20H22F3N3O3/c1-4-5-14-10-13(11-17(27-2)18(14)28-3)12-25-19(24)26-15-6-8-16(9-7-15)29-20(21,22)23/h4,6-11H,1,5,12H2,2-3H3,(H3,24,25,26). The first-order valence-corrected chi connectivity index (χ1v) is 8.53. The summed E-state index contributed by atoms with van der Waals surface area (Å²) in [6, 6.07) is 8.89. The Labute approximate surface area is 166 Å². The number of allylic oxidation sites excluding steroid dienone is 1. The lowest BCUT2D eigenvalue weighted by Crippen LogP contribution is -2.22. The number of guanidine groups is 1. The highest BCUT2D eigenvalue weighted by Gasteiger charge is 2.30. The summed E-state index contributed by atoms with van der Waals surface area (Å²) in [6.45, 7) is 4.00. The van der Waals surface area contributed by atoms with E-state index in [0.29, 0.717) is 23.6 Å². The fourth-order valence-electron chi connectivity index (χ4n) is 2.61. The predicted molar refractivity (Wildman–Crippen MR) is 106 cm³/mol. The molecule has 0 aliphatic heterocycles. The molecule has 29 heavy (non-hydrogen) atoms. The number of aliphatic imine (C=N–C) groups is 1. The Balaban J connectivity index is 2.09. The van der Waals surface area contributed by atoms with Crippen molar-refractivity contribution in [1.82, 2.24) is 0 Å². The number of hydrogen-bond donors (Lipinski definition) is 2. The number of nitrogens with one attached hydrogen (secondary N) is 1. The van der Waals surface area contributed by atoms with Crippen LogP contribution in [0.4, 0.5) is 18.9 Å². The van der Waals surface area contributed by atoms with Gasteiger partial charge in [-0.25, -0.2) is 4.99 Å². The third-order valence-corrected chi connectivity index (χ3v) is 3.77. The van der Waals surface area contributed by atoms with E-state index in [4.69, 9.17) is 15.2 Å². The topological polar surface area (TPSA) is 78.1 Å². The third-order valence-electron chi connectivity index (χ3n) is 3.77. The van der Waals surface area contributed by atoms with E-state index in [2.05, 4.69) is 21.6 Å². The summed E-state index contributed by atoms with van der Waals surface area (Å²) in [5.74, 6) is 0.990. The number of halogens is 3. The van der Waals surface area contributed by atoms with Gasteiger partial charge < -0.3 is 25.3 Å². The lowest BCUT2D eigenvalue weighted by molar-refractivity contribution is -0.274. The molecule has 6 nitrogen and oxygen atoms in total. The molecule has 2 aromatic carbocycles. The van der Waals surface area contributed by atoms with Crippen molar-refractivity contribution < 1.29 is 27.4 Å². The van der Waals surface area contributed by atoms with Gasteiger partial charge in [0.05, 0.1) is 20.8 Å². The molecule has 3 N–H and O–H groups in total. The van der Waals surface area contributed by atoms with Crippen LogP contribution in [0.15, 0.2) is 54.0 Å². The third kappa shape index (κ3) is 6.63. The molecule has 9 heteroatoms. The largest absolute Gasteiger partial charge is 0.573 e. The minimum Gasteiger partial charge on any atom is -0.493 e. The van der Waals surface area contributed by atoms with Crippen molar-refractivity contribution in [2.75, 3.05) is 19.5 Å². The van der Waals surface area contributed by atoms with Gasteiger partial charge in [0.1, 0.15) is 5.75 Å². The van der Waals surface area contributed by atoms with Crippen LogP contribution in [0.3, 0.4) is 0 Å². The van der Waals surface area contributed by atoms with Gasteiger partial charge >= 0.3 is 6.36 Å². The highest BCUT2D eigenvalue weighted by Crippen LogP contribution is 2.33. The van der Waals surface area contributed by atoms with E-state index >= 15 is 0 Å². The van der Waals surface area contributed by atoms with Crippen LogP contribution < -0.4 is 25.3 Å². The summed E-state index contributed by atoms with van der Waals surface area (Å²) in [5.41, 5.74) is 8.09. The molecule has 0 bridgehead atoms. The first kappa shape index (κ1) is 21.9. The van der Waals surface area contributed by atoms with Crippen LogP contribution in [0.2, 0.25) is 0 Å². The molecule has 0 aliphatic rings. The van der Waals surface area contributed by atoms with Gasteiger partial charge in [-0.15, -0.1) is 19.8 Å². The molecule has 0 fully saturated rings. The highest BCUT2D eigenvalue weighted by molar-refractivity contribution is 5.92. The Kier molecular flexibility index (Phi) is 7.35. The second-order valence-corrected chi connectivity index (χ2v) is 5.88. The second-order valence-electron chi connectivity index (χ2n) is 5.88. The van der Waals surface area contributed by atoms with Gasteiger partial charge in [0, 0.05) is 11.3 Å². The van der Waals surface area contributed by atoms with Gasteiger partial charge in [0.2, 0.25) is 0 Å². The SMILES string of the molecule is C=CCc1cc(CN=C(N)Nc2ccc(OC(F)(F)F)cc2)cc(OC)c1OC. The molecule has 0 spiro atoms. The smallest absolute Gasteiger partial charge is 0.493 e. The number of nitrogens with zero attached hydrogens (tertiary/aromatic N) is 1. The van der Waals surface area contributed by atoms with Crippen LogP contribution in [-0.2, 0) is 13.0 Å². The molecule has 2 rings (SSSR count). The maximum absolute atomic E-state index is 12.2. The van der Waals surface area contributed by atoms with Gasteiger partial charge in [-0.1, -0.05) is 6.08 Å². The molecule has 0 saturated heterocycles. The molecule has 0 radical (unpaired) electrons. The fraction of sp³-hybridized carbons (Fsp3) is 0.250. The van der Waals surface area contributed by atoms with Crippen LogP contribution in [0.25, 0.3) is 0 Å². The van der Waals surface area contributed by atoms with Crippen molar-refractivity contribution in [2.45, 2.75) is 19.3 Å². The minimum absolute atomic E-state index is 0.106. The molecule has 2 aromatic rings. The maximum atomic E-state index is 12.2. The number of ether oxygens (including phenoxy) is 3. The lowest BCUT2D eigenvalue weighted by Gasteiger charge is -2.14. The minimum atomic E-state index is -4.74. The number of benzene rings is 2. The summed E-state index contributed by atoms with van der Waals surface area (Å²) >= 11 is 0. The van der Waals surface area contributed by atoms with Gasteiger partial charge in [0.15, 0.2) is 17.5 Å². The quantitative estimate of drug-likeness (QED) is 0.387. The van der Waals surface area contributed by atoms with Crippen LogP contribution >= 0.6 is 0 Å². The van der Waals surface area contributed by atoms with E-state index in [0.717, 1.165) is 11.1 Å². The maximum Gasteiger partial charge on any atom is 0.573 e. The number of nitrogens with two attached hydrogens (primary N) is 1. The predicted octanol–water partition coefficient (Wildman–Crippen LogP) is 4.26. The number of hydrogen-bond acceptors (Lipinski definition) is 4. The Morgan fingerprint density at radius 2 is 1.86 bits per heavy atom. The van der Waals surface area contributed by atoms with Gasteiger partial charge in [0.25, 0.3) is 0 Å². The lowest BCUT2D eigenvalue weighted by atomic mass is 10.1. The second kappa shape index (κ2) is 9.72. The van der Waals surface area contributed by atoms with E-state index in [9.17, 15) is 13.2 Å². The van der Waals surface area contributed by atoms with Crippen molar-refractivity contribution in [2.24, 2.45) is 10.7 Å². The van der Waals surface area contributed by atoms with Crippen molar-refractivity contribution in [3.8, 4) is 17.2 Å². The number of methoxy groups -OCH3 is 2. The monoisotopic (exact) mass is 409 g/mol. The Morgan fingerprint density at radius 1 is 1.17 bits per heavy atom. The summed E-state index contributed by atoms with van der Waals surface area (Å²) in [5, 5.41) is 2.81. The Bertz CT molecular complexity index is 866. The van der Waals surface area contributed by atoms with Crippen molar-refractivity contribution in [3.05, 3.63) is 60.2 Å². The first-order chi connectivity index (χ1) is 13.8. The van der Waals surface area contributed by atoms with E-state index in [-0.39, 0.29) is 18.3 Å². The summed E-state index contributed by atoms with van der Waals surface area (Å²) in [4.78, 5) is 4.25. The molecule has 0 unspecified atom stereocenters. The molecular weight excluding hydrogens is 387 g/mol. The average molecular weight is 409 g/mol. The molecule has 0 saturated carbocycles. The van der Waals surface area contributed by atoms with Crippen molar-refractivity contribution in [3.63, 3.8) is 0 Å². The number of alkyl halides is 3. The molecule has 0 amide bonds. The van der Waals surface area contributed by atoms with Crippen LogP contribution in [0, 0.1) is 0 Å².